The molecular weight excluding hydrogens is 499 g/mol. The number of ether oxygens (including phenoxy) is 3. The summed E-state index contributed by atoms with van der Waals surface area (Å²) in [5, 5.41) is 4.78. The van der Waals surface area contributed by atoms with Crippen molar-refractivity contribution >= 4 is 45.7 Å². The van der Waals surface area contributed by atoms with E-state index in [-0.39, 0.29) is 12.4 Å². The second-order valence-corrected chi connectivity index (χ2v) is 7.13. The number of hydrogen-bond acceptors (Lipinski definition) is 6. The van der Waals surface area contributed by atoms with E-state index in [2.05, 4.69) is 39.0 Å². The highest BCUT2D eigenvalue weighted by atomic mass is 127. The first kappa shape index (κ1) is 21.5. The first-order valence-electron chi connectivity index (χ1n) is 8.99. The predicted octanol–water partition coefficient (Wildman–Crippen LogP) is 4.22. The highest BCUT2D eigenvalue weighted by Crippen LogP contribution is 2.33. The molecule has 1 heterocycles. The number of hydrazone groups is 1. The summed E-state index contributed by atoms with van der Waals surface area (Å²) in [4.78, 5) is 12.4. The number of furan rings is 1. The zero-order valence-corrected chi connectivity index (χ0v) is 18.6. The fraction of sp³-hybridized carbons (Fsp3) is 0.182. The molecule has 1 aromatic heterocycles. The van der Waals surface area contributed by atoms with E-state index in [1.807, 2.05) is 19.1 Å². The minimum absolute atomic E-state index is 0.138. The van der Waals surface area contributed by atoms with Crippen molar-refractivity contribution in [2.24, 2.45) is 5.10 Å². The van der Waals surface area contributed by atoms with Gasteiger partial charge in [-0.25, -0.2) is 5.43 Å². The Morgan fingerprint density at radius 3 is 2.87 bits per heavy atom. The Bertz CT molecular complexity index is 1130. The Morgan fingerprint density at radius 2 is 2.13 bits per heavy atom. The molecule has 30 heavy (non-hydrogen) atoms. The van der Waals surface area contributed by atoms with Crippen LogP contribution < -0.4 is 19.6 Å². The maximum atomic E-state index is 12.4. The van der Waals surface area contributed by atoms with Crippen LogP contribution in [0.3, 0.4) is 0 Å². The Labute approximate surface area is 187 Å². The molecule has 0 unspecified atom stereocenters. The van der Waals surface area contributed by atoms with Gasteiger partial charge in [0.25, 0.3) is 0 Å². The van der Waals surface area contributed by atoms with Crippen molar-refractivity contribution in [1.82, 2.24) is 5.43 Å². The van der Waals surface area contributed by atoms with Crippen molar-refractivity contribution < 1.29 is 23.4 Å². The van der Waals surface area contributed by atoms with Gasteiger partial charge in [0.05, 0.1) is 23.5 Å². The van der Waals surface area contributed by atoms with Crippen LogP contribution in [0, 0.1) is 15.9 Å². The molecule has 0 aliphatic heterocycles. The van der Waals surface area contributed by atoms with Crippen LogP contribution in [-0.4, -0.2) is 32.4 Å². The number of nitrogens with one attached hydrogen (secondary N) is 1. The van der Waals surface area contributed by atoms with Crippen LogP contribution >= 0.6 is 22.6 Å². The van der Waals surface area contributed by atoms with Crippen LogP contribution in [0.4, 0.5) is 0 Å². The molecule has 0 bridgehead atoms. The molecule has 0 radical (unpaired) electrons. The van der Waals surface area contributed by atoms with E-state index in [1.165, 1.54) is 13.3 Å². The molecule has 0 aliphatic rings. The lowest BCUT2D eigenvalue weighted by molar-refractivity contribution is 0.0929. The van der Waals surface area contributed by atoms with Gasteiger partial charge in [-0.1, -0.05) is 5.92 Å². The number of hydrogen-bond donors (Lipinski definition) is 1. The number of carbonyl (C=O) groups excluding carboxylic acids is 1. The fourth-order valence-electron chi connectivity index (χ4n) is 2.68. The van der Waals surface area contributed by atoms with Crippen molar-refractivity contribution in [2.45, 2.75) is 6.92 Å². The van der Waals surface area contributed by atoms with E-state index in [9.17, 15) is 4.79 Å². The maximum absolute atomic E-state index is 12.4. The minimum Gasteiger partial charge on any atom is -0.494 e. The topological polar surface area (TPSA) is 82.3 Å². The van der Waals surface area contributed by atoms with Crippen molar-refractivity contribution in [3.63, 3.8) is 0 Å². The molecule has 1 N–H and O–H groups in total. The van der Waals surface area contributed by atoms with E-state index in [1.54, 1.807) is 24.3 Å². The van der Waals surface area contributed by atoms with Gasteiger partial charge in [0, 0.05) is 5.39 Å². The molecule has 1 amide bonds. The third-order valence-electron chi connectivity index (χ3n) is 3.95. The number of halogens is 1. The number of nitrogens with zero attached hydrogens (tertiary/aromatic N) is 1. The molecule has 8 heteroatoms. The summed E-state index contributed by atoms with van der Waals surface area (Å²) >= 11 is 2.12. The van der Waals surface area contributed by atoms with Gasteiger partial charge in [0.1, 0.15) is 17.9 Å². The van der Waals surface area contributed by atoms with E-state index >= 15 is 0 Å². The molecule has 0 saturated heterocycles. The van der Waals surface area contributed by atoms with Crippen LogP contribution in [-0.2, 0) is 0 Å². The number of amides is 1. The average Bonchev–Trinajstić information content (AvgIpc) is 3.16. The van der Waals surface area contributed by atoms with Gasteiger partial charge in [-0.2, -0.15) is 5.10 Å². The summed E-state index contributed by atoms with van der Waals surface area (Å²) < 4.78 is 22.7. The summed E-state index contributed by atoms with van der Waals surface area (Å²) in [6, 6.07) is 10.6. The highest BCUT2D eigenvalue weighted by molar-refractivity contribution is 14.1. The Kier molecular flexibility index (Phi) is 7.19. The number of terminal acetylenes is 1. The summed E-state index contributed by atoms with van der Waals surface area (Å²) in [7, 11) is 1.54. The summed E-state index contributed by atoms with van der Waals surface area (Å²) in [5.41, 5.74) is 3.77. The van der Waals surface area contributed by atoms with E-state index < -0.39 is 5.91 Å². The normalized spacial score (nSPS) is 10.7. The number of benzene rings is 2. The Hall–Kier alpha value is -3.19. The second-order valence-electron chi connectivity index (χ2n) is 5.97. The number of fused-ring (bicyclic) bond motifs is 1. The Balaban J connectivity index is 1.72. The first-order chi connectivity index (χ1) is 14.5. The fourth-order valence-corrected chi connectivity index (χ4v) is 3.46. The van der Waals surface area contributed by atoms with Gasteiger partial charge in [0.2, 0.25) is 0 Å². The lowest BCUT2D eigenvalue weighted by Gasteiger charge is -2.11. The third kappa shape index (κ3) is 5.04. The van der Waals surface area contributed by atoms with Crippen LogP contribution in [0.5, 0.6) is 17.2 Å². The summed E-state index contributed by atoms with van der Waals surface area (Å²) in [5.74, 6) is 3.91. The van der Waals surface area contributed by atoms with E-state index in [0.717, 1.165) is 14.5 Å². The zero-order valence-electron chi connectivity index (χ0n) is 16.4. The summed E-state index contributed by atoms with van der Waals surface area (Å²) in [6.45, 7) is 2.61. The largest absolute Gasteiger partial charge is 0.494 e. The average molecular weight is 518 g/mol. The monoisotopic (exact) mass is 518 g/mol. The molecule has 2 aromatic carbocycles. The lowest BCUT2D eigenvalue weighted by atomic mass is 10.2. The third-order valence-corrected chi connectivity index (χ3v) is 4.76. The molecule has 3 rings (SSSR count). The highest BCUT2D eigenvalue weighted by Gasteiger charge is 2.13. The molecular formula is C22H19IN2O5. The van der Waals surface area contributed by atoms with Gasteiger partial charge in [-0.15, -0.1) is 6.42 Å². The van der Waals surface area contributed by atoms with Gasteiger partial charge in [-0.3, -0.25) is 4.79 Å². The standard InChI is InChI=1S/C22H19IN2O5/c1-4-8-29-21-17(23)9-14(10-19(21)27-3)13-24-25-22(26)20-12-15-11-16(28-5-2)6-7-18(15)30-20/h1,6-7,9-13H,5,8H2,2-3H3,(H,25,26)/b24-13+. The molecule has 0 atom stereocenters. The SMILES string of the molecule is C#CCOc1c(I)cc(/C=N/NC(=O)c2cc3cc(OCC)ccc3o2)cc1OC. The molecule has 0 saturated carbocycles. The minimum atomic E-state index is -0.462. The van der Waals surface area contributed by atoms with Crippen molar-refractivity contribution in [1.29, 1.82) is 0 Å². The summed E-state index contributed by atoms with van der Waals surface area (Å²) in [6.07, 6.45) is 6.75. The van der Waals surface area contributed by atoms with Crippen molar-refractivity contribution in [3.8, 4) is 29.6 Å². The van der Waals surface area contributed by atoms with E-state index in [4.69, 9.17) is 25.1 Å². The quantitative estimate of drug-likeness (QED) is 0.209. The van der Waals surface area contributed by atoms with Gasteiger partial charge >= 0.3 is 5.91 Å². The molecule has 0 aliphatic carbocycles. The smallest absolute Gasteiger partial charge is 0.307 e. The first-order valence-corrected chi connectivity index (χ1v) is 10.1. The van der Waals surface area contributed by atoms with Crippen LogP contribution in [0.2, 0.25) is 0 Å². The van der Waals surface area contributed by atoms with Crippen LogP contribution in [0.15, 0.2) is 45.9 Å². The van der Waals surface area contributed by atoms with Crippen LogP contribution in [0.1, 0.15) is 23.0 Å². The van der Waals surface area contributed by atoms with Crippen LogP contribution in [0.25, 0.3) is 11.0 Å². The van der Waals surface area contributed by atoms with Gasteiger partial charge in [-0.05, 0) is 71.5 Å². The number of rotatable bonds is 8. The molecule has 3 aromatic rings. The lowest BCUT2D eigenvalue weighted by Crippen LogP contribution is -2.16. The molecule has 154 valence electrons. The predicted molar refractivity (Wildman–Crippen MR) is 122 cm³/mol. The van der Waals surface area contributed by atoms with Crippen molar-refractivity contribution in [3.05, 3.63) is 51.3 Å². The Morgan fingerprint density at radius 1 is 1.30 bits per heavy atom. The van der Waals surface area contributed by atoms with Gasteiger partial charge < -0.3 is 18.6 Å². The van der Waals surface area contributed by atoms with Crippen molar-refractivity contribution in [2.75, 3.05) is 20.3 Å². The second kappa shape index (κ2) is 10.0. The zero-order chi connectivity index (χ0) is 21.5. The van der Waals surface area contributed by atoms with E-state index in [0.29, 0.717) is 29.4 Å². The number of carbonyl (C=O) groups is 1. The van der Waals surface area contributed by atoms with Gasteiger partial charge in [0.15, 0.2) is 17.3 Å². The molecule has 7 nitrogen and oxygen atoms in total. The molecule has 0 fully saturated rings. The number of methoxy groups -OCH3 is 1. The maximum Gasteiger partial charge on any atom is 0.307 e. The molecule has 0 spiro atoms.